The van der Waals surface area contributed by atoms with Crippen molar-refractivity contribution in [1.29, 1.82) is 0 Å². The zero-order chi connectivity index (χ0) is 15.4. The lowest BCUT2D eigenvalue weighted by atomic mass is 9.94. The zero-order valence-electron chi connectivity index (χ0n) is 13.8. The molecule has 1 atom stereocenters. The van der Waals surface area contributed by atoms with Crippen LogP contribution in [-0.2, 0) is 13.0 Å². The van der Waals surface area contributed by atoms with Crippen molar-refractivity contribution in [3.63, 3.8) is 0 Å². The summed E-state index contributed by atoms with van der Waals surface area (Å²) in [7, 11) is 0. The normalized spacial score (nSPS) is 12.9. The van der Waals surface area contributed by atoms with Crippen LogP contribution in [0.2, 0.25) is 0 Å². The monoisotopic (exact) mass is 285 g/mol. The first kappa shape index (κ1) is 15.8. The molecule has 3 nitrogen and oxygen atoms in total. The molecule has 1 unspecified atom stereocenters. The van der Waals surface area contributed by atoms with Gasteiger partial charge in [-0.2, -0.15) is 5.10 Å². The molecule has 0 fully saturated rings. The lowest BCUT2D eigenvalue weighted by Gasteiger charge is -2.23. The minimum Gasteiger partial charge on any atom is -0.305 e. The fourth-order valence-corrected chi connectivity index (χ4v) is 2.75. The summed E-state index contributed by atoms with van der Waals surface area (Å²) in [5, 5.41) is 11.0. The van der Waals surface area contributed by atoms with Gasteiger partial charge in [-0.05, 0) is 37.3 Å². The van der Waals surface area contributed by atoms with Gasteiger partial charge in [-0.1, -0.05) is 45.0 Å². The molecule has 2 rings (SSSR count). The van der Waals surface area contributed by atoms with E-state index in [0.717, 1.165) is 24.4 Å². The fourth-order valence-electron chi connectivity index (χ4n) is 2.75. The van der Waals surface area contributed by atoms with E-state index in [4.69, 9.17) is 0 Å². The molecule has 0 aliphatic heterocycles. The topological polar surface area (TPSA) is 40.7 Å². The zero-order valence-corrected chi connectivity index (χ0v) is 13.8. The van der Waals surface area contributed by atoms with E-state index in [9.17, 15) is 0 Å². The third-order valence-corrected chi connectivity index (χ3v) is 4.19. The van der Waals surface area contributed by atoms with Gasteiger partial charge >= 0.3 is 0 Å². The first-order valence-corrected chi connectivity index (χ1v) is 7.85. The second kappa shape index (κ2) is 6.90. The Bertz CT molecular complexity index is 547. The van der Waals surface area contributed by atoms with Crippen LogP contribution in [0.15, 0.2) is 24.3 Å². The van der Waals surface area contributed by atoms with Gasteiger partial charge in [-0.3, -0.25) is 5.10 Å². The highest BCUT2D eigenvalue weighted by Gasteiger charge is 2.16. The number of aromatic nitrogens is 2. The summed E-state index contributed by atoms with van der Waals surface area (Å²) in [4.78, 5) is 0. The molecule has 0 aliphatic rings. The van der Waals surface area contributed by atoms with Crippen LogP contribution >= 0.6 is 0 Å². The van der Waals surface area contributed by atoms with Crippen molar-refractivity contribution in [3.05, 3.63) is 52.3 Å². The largest absolute Gasteiger partial charge is 0.305 e. The molecule has 0 saturated carbocycles. The van der Waals surface area contributed by atoms with E-state index in [1.807, 2.05) is 0 Å². The summed E-state index contributed by atoms with van der Waals surface area (Å²) in [6.45, 7) is 11.7. The van der Waals surface area contributed by atoms with Crippen LogP contribution in [0.5, 0.6) is 0 Å². The van der Waals surface area contributed by atoms with Crippen LogP contribution in [0.3, 0.4) is 0 Å². The fraction of sp³-hybridized carbons (Fsp3) is 0.500. The van der Waals surface area contributed by atoms with Gasteiger partial charge in [0.15, 0.2) is 0 Å². The average Bonchev–Trinajstić information content (AvgIpc) is 2.79. The van der Waals surface area contributed by atoms with E-state index in [0.29, 0.717) is 12.0 Å². The number of nitrogens with one attached hydrogen (secondary N) is 2. The van der Waals surface area contributed by atoms with Crippen LogP contribution in [0, 0.1) is 19.8 Å². The Balaban J connectivity index is 2.12. The van der Waals surface area contributed by atoms with Gasteiger partial charge in [0.05, 0.1) is 5.69 Å². The van der Waals surface area contributed by atoms with Crippen LogP contribution in [-0.4, -0.2) is 10.2 Å². The number of hydrogen-bond acceptors (Lipinski definition) is 2. The predicted octanol–water partition coefficient (Wildman–Crippen LogP) is 4.08. The van der Waals surface area contributed by atoms with Crippen LogP contribution < -0.4 is 5.32 Å². The van der Waals surface area contributed by atoms with Crippen molar-refractivity contribution in [3.8, 4) is 0 Å². The van der Waals surface area contributed by atoms with Crippen molar-refractivity contribution >= 4 is 0 Å². The molecule has 0 spiro atoms. The molecule has 0 amide bonds. The lowest BCUT2D eigenvalue weighted by molar-refractivity contribution is 0.410. The van der Waals surface area contributed by atoms with Crippen LogP contribution in [0.4, 0.5) is 0 Å². The van der Waals surface area contributed by atoms with Gasteiger partial charge in [0.25, 0.3) is 0 Å². The van der Waals surface area contributed by atoms with Gasteiger partial charge in [0.1, 0.15) is 0 Å². The standard InChI is InChI=1S/C18H27N3/c1-6-15-7-9-16(10-8-15)18(12(2)3)19-11-17-13(4)20-21-14(17)5/h7-10,12,18-19H,6,11H2,1-5H3,(H,20,21). The smallest absolute Gasteiger partial charge is 0.0638 e. The number of aromatic amines is 1. The Hall–Kier alpha value is -1.61. The number of benzene rings is 1. The highest BCUT2D eigenvalue weighted by Crippen LogP contribution is 2.23. The van der Waals surface area contributed by atoms with Crippen molar-refractivity contribution < 1.29 is 0 Å². The molecule has 2 N–H and O–H groups in total. The maximum absolute atomic E-state index is 4.27. The first-order valence-electron chi connectivity index (χ1n) is 7.85. The Morgan fingerprint density at radius 3 is 2.29 bits per heavy atom. The van der Waals surface area contributed by atoms with Gasteiger partial charge < -0.3 is 5.32 Å². The molecule has 1 heterocycles. The summed E-state index contributed by atoms with van der Waals surface area (Å²) in [5.41, 5.74) is 6.28. The number of nitrogens with zero attached hydrogens (tertiary/aromatic N) is 1. The van der Waals surface area contributed by atoms with E-state index in [1.165, 1.54) is 16.7 Å². The third-order valence-electron chi connectivity index (χ3n) is 4.19. The van der Waals surface area contributed by atoms with Crippen molar-refractivity contribution in [2.45, 2.75) is 53.6 Å². The summed E-state index contributed by atoms with van der Waals surface area (Å²) < 4.78 is 0. The summed E-state index contributed by atoms with van der Waals surface area (Å²) in [6.07, 6.45) is 1.09. The molecule has 114 valence electrons. The summed E-state index contributed by atoms with van der Waals surface area (Å²) in [5.74, 6) is 0.546. The molecule has 2 aromatic rings. The lowest BCUT2D eigenvalue weighted by Crippen LogP contribution is -2.25. The highest BCUT2D eigenvalue weighted by molar-refractivity contribution is 5.27. The first-order chi connectivity index (χ1) is 10.0. The number of H-pyrrole nitrogens is 1. The second-order valence-electron chi connectivity index (χ2n) is 6.11. The minimum atomic E-state index is 0.365. The molecule has 0 saturated heterocycles. The maximum Gasteiger partial charge on any atom is 0.0638 e. The van der Waals surface area contributed by atoms with Crippen molar-refractivity contribution in [2.24, 2.45) is 5.92 Å². The molecule has 1 aromatic heterocycles. The Morgan fingerprint density at radius 2 is 1.81 bits per heavy atom. The Kier molecular flexibility index (Phi) is 5.18. The summed E-state index contributed by atoms with van der Waals surface area (Å²) in [6, 6.07) is 9.35. The van der Waals surface area contributed by atoms with E-state index in [-0.39, 0.29) is 0 Å². The third kappa shape index (κ3) is 3.73. The SMILES string of the molecule is CCc1ccc(C(NCc2c(C)n[nH]c2C)C(C)C)cc1. The van der Waals surface area contributed by atoms with E-state index < -0.39 is 0 Å². The Labute approximate surface area is 128 Å². The van der Waals surface area contributed by atoms with Crippen LogP contribution in [0.25, 0.3) is 0 Å². The molecule has 0 radical (unpaired) electrons. The quantitative estimate of drug-likeness (QED) is 0.839. The molecule has 3 heteroatoms. The molecular weight excluding hydrogens is 258 g/mol. The second-order valence-corrected chi connectivity index (χ2v) is 6.11. The number of hydrogen-bond donors (Lipinski definition) is 2. The van der Waals surface area contributed by atoms with E-state index in [1.54, 1.807) is 0 Å². The van der Waals surface area contributed by atoms with Crippen molar-refractivity contribution in [1.82, 2.24) is 15.5 Å². The number of aryl methyl sites for hydroxylation is 3. The molecule has 1 aromatic carbocycles. The predicted molar refractivity (Wildman–Crippen MR) is 88.3 cm³/mol. The maximum atomic E-state index is 4.27. The highest BCUT2D eigenvalue weighted by atomic mass is 15.1. The molecule has 0 aliphatic carbocycles. The number of rotatable bonds is 6. The Morgan fingerprint density at radius 1 is 1.14 bits per heavy atom. The van der Waals surface area contributed by atoms with Gasteiger partial charge in [-0.25, -0.2) is 0 Å². The van der Waals surface area contributed by atoms with Gasteiger partial charge in [0.2, 0.25) is 0 Å². The van der Waals surface area contributed by atoms with E-state index in [2.05, 4.69) is 74.4 Å². The molecule has 0 bridgehead atoms. The van der Waals surface area contributed by atoms with Gasteiger partial charge in [0, 0.05) is 23.8 Å². The molecule has 21 heavy (non-hydrogen) atoms. The average molecular weight is 285 g/mol. The van der Waals surface area contributed by atoms with Crippen LogP contribution in [0.1, 0.15) is 54.9 Å². The summed E-state index contributed by atoms with van der Waals surface area (Å²) >= 11 is 0. The molecular formula is C18H27N3. The van der Waals surface area contributed by atoms with Crippen molar-refractivity contribution in [2.75, 3.05) is 0 Å². The van der Waals surface area contributed by atoms with Gasteiger partial charge in [-0.15, -0.1) is 0 Å². The van der Waals surface area contributed by atoms with E-state index >= 15 is 0 Å². The minimum absolute atomic E-state index is 0.365.